The van der Waals surface area contributed by atoms with Gasteiger partial charge < -0.3 is 24.3 Å². The van der Waals surface area contributed by atoms with Gasteiger partial charge in [0.15, 0.2) is 18.1 Å². The molecule has 10 heteroatoms. The first-order valence-electron chi connectivity index (χ1n) is 7.52. The number of carbonyl (C=O) groups is 2. The third kappa shape index (κ3) is 5.03. The van der Waals surface area contributed by atoms with Gasteiger partial charge >= 0.3 is 12.3 Å². The van der Waals surface area contributed by atoms with E-state index in [9.17, 15) is 22.8 Å². The molecule has 27 heavy (non-hydrogen) atoms. The zero-order valence-corrected chi connectivity index (χ0v) is 13.5. The molecule has 1 aliphatic rings. The first-order valence-corrected chi connectivity index (χ1v) is 7.52. The number of alkyl halides is 3. The largest absolute Gasteiger partial charge is 0.573 e. The van der Waals surface area contributed by atoms with Crippen LogP contribution < -0.4 is 19.5 Å². The predicted molar refractivity (Wildman–Crippen MR) is 84.6 cm³/mol. The van der Waals surface area contributed by atoms with Crippen molar-refractivity contribution in [1.82, 2.24) is 0 Å². The highest BCUT2D eigenvalue weighted by Crippen LogP contribution is 2.32. The van der Waals surface area contributed by atoms with Crippen molar-refractivity contribution < 1.29 is 41.7 Å². The molecule has 1 aliphatic heterocycles. The Balaban J connectivity index is 1.50. The van der Waals surface area contributed by atoms with Gasteiger partial charge in [0.05, 0.1) is 5.56 Å². The van der Waals surface area contributed by atoms with Gasteiger partial charge in [0.1, 0.15) is 5.75 Å². The lowest BCUT2D eigenvalue weighted by Crippen LogP contribution is -2.21. The summed E-state index contributed by atoms with van der Waals surface area (Å²) in [6, 6.07) is 8.97. The van der Waals surface area contributed by atoms with Gasteiger partial charge in [-0.1, -0.05) is 0 Å². The van der Waals surface area contributed by atoms with Crippen molar-refractivity contribution in [2.24, 2.45) is 0 Å². The van der Waals surface area contributed by atoms with E-state index < -0.39 is 30.6 Å². The predicted octanol–water partition coefficient (Wildman–Crippen LogP) is 3.11. The maximum Gasteiger partial charge on any atom is 0.573 e. The van der Waals surface area contributed by atoms with E-state index in [1.807, 2.05) is 0 Å². The van der Waals surface area contributed by atoms with Gasteiger partial charge in [-0.3, -0.25) is 4.79 Å². The number of fused-ring (bicyclic) bond motifs is 1. The Hall–Kier alpha value is -3.43. The van der Waals surface area contributed by atoms with Crippen molar-refractivity contribution in [2.45, 2.75) is 6.36 Å². The van der Waals surface area contributed by atoms with Crippen molar-refractivity contribution in [3.8, 4) is 17.2 Å². The summed E-state index contributed by atoms with van der Waals surface area (Å²) >= 11 is 0. The molecule has 1 heterocycles. The zero-order valence-electron chi connectivity index (χ0n) is 13.5. The summed E-state index contributed by atoms with van der Waals surface area (Å²) in [6.45, 7) is -0.517. The van der Waals surface area contributed by atoms with Crippen molar-refractivity contribution in [2.75, 3.05) is 18.7 Å². The molecule has 1 amide bonds. The molecule has 0 bridgehead atoms. The fourth-order valence-electron chi connectivity index (χ4n) is 2.17. The van der Waals surface area contributed by atoms with Gasteiger partial charge in [0.2, 0.25) is 6.79 Å². The Labute approximate surface area is 150 Å². The molecular weight excluding hydrogens is 371 g/mol. The minimum Gasteiger partial charge on any atom is -0.454 e. The average molecular weight is 383 g/mol. The fourth-order valence-corrected chi connectivity index (χ4v) is 2.17. The molecule has 3 rings (SSSR count). The molecule has 2 aromatic carbocycles. The molecule has 0 saturated carbocycles. The van der Waals surface area contributed by atoms with E-state index in [0.717, 1.165) is 12.1 Å². The van der Waals surface area contributed by atoms with Gasteiger partial charge in [0, 0.05) is 5.69 Å². The minimum atomic E-state index is -4.80. The fraction of sp³-hybridized carbons (Fsp3) is 0.176. The highest BCUT2D eigenvalue weighted by Gasteiger charge is 2.31. The number of benzene rings is 2. The molecule has 0 fully saturated rings. The number of rotatable bonds is 5. The van der Waals surface area contributed by atoms with Gasteiger partial charge in [-0.05, 0) is 42.5 Å². The molecule has 2 aromatic rings. The first-order chi connectivity index (χ1) is 12.8. The SMILES string of the molecule is O=C(COC(=O)c1ccc2c(c1)OCO2)Nc1ccc(OC(F)(F)F)cc1. The lowest BCUT2D eigenvalue weighted by Gasteiger charge is -2.10. The Morgan fingerprint density at radius 3 is 2.44 bits per heavy atom. The lowest BCUT2D eigenvalue weighted by molar-refractivity contribution is -0.274. The summed E-state index contributed by atoms with van der Waals surface area (Å²) in [4.78, 5) is 23.8. The van der Waals surface area contributed by atoms with Crippen LogP contribution >= 0.6 is 0 Å². The van der Waals surface area contributed by atoms with E-state index >= 15 is 0 Å². The molecule has 0 unspecified atom stereocenters. The summed E-state index contributed by atoms with van der Waals surface area (Å²) in [5.74, 6) is -0.919. The monoisotopic (exact) mass is 383 g/mol. The number of hydrogen-bond acceptors (Lipinski definition) is 6. The van der Waals surface area contributed by atoms with Gasteiger partial charge in [-0.25, -0.2) is 4.79 Å². The van der Waals surface area contributed by atoms with Crippen molar-refractivity contribution in [1.29, 1.82) is 0 Å². The summed E-state index contributed by atoms with van der Waals surface area (Å²) in [5.41, 5.74) is 0.398. The molecule has 0 aromatic heterocycles. The molecule has 0 radical (unpaired) electrons. The van der Waals surface area contributed by atoms with Crippen molar-refractivity contribution >= 4 is 17.6 Å². The standard InChI is InChI=1S/C17H12F3NO6/c18-17(19,20)27-12-4-2-11(3-5-12)21-15(22)8-24-16(23)10-1-6-13-14(7-10)26-9-25-13/h1-7H,8-9H2,(H,21,22). The second-order valence-corrected chi connectivity index (χ2v) is 5.26. The van der Waals surface area contributed by atoms with Gasteiger partial charge in [-0.15, -0.1) is 13.2 Å². The van der Waals surface area contributed by atoms with E-state index in [4.69, 9.17) is 14.2 Å². The Morgan fingerprint density at radius 1 is 1.04 bits per heavy atom. The number of hydrogen-bond donors (Lipinski definition) is 1. The molecule has 142 valence electrons. The van der Waals surface area contributed by atoms with Crippen LogP contribution in [0.5, 0.6) is 17.2 Å². The van der Waals surface area contributed by atoms with E-state index in [-0.39, 0.29) is 18.0 Å². The third-order valence-electron chi connectivity index (χ3n) is 3.31. The first kappa shape index (κ1) is 18.4. The van der Waals surface area contributed by atoms with Crippen molar-refractivity contribution in [3.05, 3.63) is 48.0 Å². The smallest absolute Gasteiger partial charge is 0.454 e. The molecular formula is C17H12F3NO6. The Bertz CT molecular complexity index is 851. The Kier molecular flexibility index (Phi) is 5.06. The number of halogens is 3. The van der Waals surface area contributed by atoms with E-state index in [1.165, 1.54) is 24.3 Å². The van der Waals surface area contributed by atoms with Crippen LogP contribution in [0.1, 0.15) is 10.4 Å². The molecule has 7 nitrogen and oxygen atoms in total. The molecule has 0 saturated heterocycles. The highest BCUT2D eigenvalue weighted by molar-refractivity contribution is 5.95. The number of amides is 1. The van der Waals surface area contributed by atoms with E-state index in [0.29, 0.717) is 11.5 Å². The average Bonchev–Trinajstić information content (AvgIpc) is 3.08. The molecule has 1 N–H and O–H groups in total. The van der Waals surface area contributed by atoms with Crippen LogP contribution in [0.3, 0.4) is 0 Å². The third-order valence-corrected chi connectivity index (χ3v) is 3.31. The van der Waals surface area contributed by atoms with E-state index in [1.54, 1.807) is 6.07 Å². The van der Waals surface area contributed by atoms with Crippen LogP contribution in [0.15, 0.2) is 42.5 Å². The van der Waals surface area contributed by atoms with Crippen LogP contribution in [0, 0.1) is 0 Å². The van der Waals surface area contributed by atoms with Crippen LogP contribution in [0.25, 0.3) is 0 Å². The summed E-state index contributed by atoms with van der Waals surface area (Å²) in [5, 5.41) is 2.38. The zero-order chi connectivity index (χ0) is 19.4. The summed E-state index contributed by atoms with van der Waals surface area (Å²) < 4.78 is 55.1. The number of anilines is 1. The topological polar surface area (TPSA) is 83.1 Å². The second kappa shape index (κ2) is 7.44. The normalized spacial score (nSPS) is 12.4. The number of nitrogens with one attached hydrogen (secondary N) is 1. The quantitative estimate of drug-likeness (QED) is 0.799. The van der Waals surface area contributed by atoms with Crippen LogP contribution in [0.2, 0.25) is 0 Å². The van der Waals surface area contributed by atoms with Crippen LogP contribution in [-0.4, -0.2) is 31.6 Å². The van der Waals surface area contributed by atoms with Crippen LogP contribution in [0.4, 0.5) is 18.9 Å². The summed E-state index contributed by atoms with van der Waals surface area (Å²) in [6.07, 6.45) is -4.80. The lowest BCUT2D eigenvalue weighted by atomic mass is 10.2. The summed E-state index contributed by atoms with van der Waals surface area (Å²) in [7, 11) is 0. The molecule has 0 atom stereocenters. The van der Waals surface area contributed by atoms with E-state index in [2.05, 4.69) is 10.1 Å². The van der Waals surface area contributed by atoms with Gasteiger partial charge in [0.25, 0.3) is 5.91 Å². The second-order valence-electron chi connectivity index (χ2n) is 5.26. The van der Waals surface area contributed by atoms with Crippen LogP contribution in [-0.2, 0) is 9.53 Å². The maximum absolute atomic E-state index is 12.1. The number of carbonyl (C=O) groups excluding carboxylic acids is 2. The van der Waals surface area contributed by atoms with Crippen molar-refractivity contribution in [3.63, 3.8) is 0 Å². The molecule has 0 aliphatic carbocycles. The minimum absolute atomic E-state index is 0.0586. The molecule has 0 spiro atoms. The Morgan fingerprint density at radius 2 is 1.74 bits per heavy atom. The maximum atomic E-state index is 12.1. The number of ether oxygens (including phenoxy) is 4. The highest BCUT2D eigenvalue weighted by atomic mass is 19.4. The van der Waals surface area contributed by atoms with Gasteiger partial charge in [-0.2, -0.15) is 0 Å². The number of esters is 1.